The Hall–Kier alpha value is -0.290. The van der Waals surface area contributed by atoms with Gasteiger partial charge in [-0.2, -0.15) is 0 Å². The Morgan fingerprint density at radius 2 is 2.06 bits per heavy atom. The van der Waals surface area contributed by atoms with E-state index >= 15 is 0 Å². The second-order valence-electron chi connectivity index (χ2n) is 4.76. The fraction of sp³-hybridized carbons (Fsp3) is 0.538. The number of rotatable bonds is 3. The van der Waals surface area contributed by atoms with Crippen molar-refractivity contribution in [2.45, 2.75) is 38.8 Å². The maximum Gasteiger partial charge on any atom is 0.119 e. The van der Waals surface area contributed by atoms with E-state index in [9.17, 15) is 0 Å². The first-order chi connectivity index (χ1) is 7.56. The lowest BCUT2D eigenvalue weighted by Crippen LogP contribution is -2.61. The lowest BCUT2D eigenvalue weighted by atomic mass is 9.62. The molecule has 1 aliphatic rings. The summed E-state index contributed by atoms with van der Waals surface area (Å²) in [6, 6.07) is 8.48. The zero-order chi connectivity index (χ0) is 11.8. The van der Waals surface area contributed by atoms with Gasteiger partial charge in [0.05, 0.1) is 0 Å². The van der Waals surface area contributed by atoms with Gasteiger partial charge in [0.25, 0.3) is 0 Å². The Labute approximate surface area is 111 Å². The molecule has 0 amide bonds. The summed E-state index contributed by atoms with van der Waals surface area (Å²) < 4.78 is 7.23. The van der Waals surface area contributed by atoms with Gasteiger partial charge in [0.2, 0.25) is 0 Å². The molecule has 1 aromatic carbocycles. The van der Waals surface area contributed by atoms with E-state index in [2.05, 4.69) is 48.6 Å². The van der Waals surface area contributed by atoms with Crippen molar-refractivity contribution in [1.82, 2.24) is 0 Å². The van der Waals surface area contributed by atoms with Crippen molar-refractivity contribution in [3.63, 3.8) is 0 Å². The maximum absolute atomic E-state index is 6.05. The molecule has 1 aliphatic carbocycles. The fourth-order valence-corrected chi connectivity index (χ4v) is 2.56. The summed E-state index contributed by atoms with van der Waals surface area (Å²) in [6.07, 6.45) is 2.31. The molecule has 0 radical (unpaired) electrons. The molecule has 3 heteroatoms. The average Bonchev–Trinajstić information content (AvgIpc) is 2.30. The van der Waals surface area contributed by atoms with E-state index in [0.717, 1.165) is 18.6 Å². The molecule has 1 saturated carbocycles. The molecular formula is C13H18INO. The van der Waals surface area contributed by atoms with Crippen LogP contribution in [0.4, 0.5) is 0 Å². The minimum absolute atomic E-state index is 0.142. The molecule has 2 rings (SSSR count). The normalized spacial score (nSPS) is 33.2. The Kier molecular flexibility index (Phi) is 3.45. The van der Waals surface area contributed by atoms with Crippen LogP contribution in [-0.4, -0.2) is 12.1 Å². The predicted molar refractivity (Wildman–Crippen MR) is 74.6 cm³/mol. The van der Waals surface area contributed by atoms with Crippen molar-refractivity contribution in [1.29, 1.82) is 0 Å². The van der Waals surface area contributed by atoms with Crippen LogP contribution in [0.3, 0.4) is 0 Å². The third kappa shape index (κ3) is 2.07. The van der Waals surface area contributed by atoms with Gasteiger partial charge in [0.15, 0.2) is 0 Å². The summed E-state index contributed by atoms with van der Waals surface area (Å²) in [4.78, 5) is 0. The molecular weight excluding hydrogens is 313 g/mol. The molecule has 0 heterocycles. The van der Waals surface area contributed by atoms with Crippen molar-refractivity contribution < 1.29 is 4.74 Å². The van der Waals surface area contributed by atoms with Gasteiger partial charge in [-0.15, -0.1) is 0 Å². The van der Waals surface area contributed by atoms with Crippen LogP contribution < -0.4 is 10.5 Å². The lowest BCUT2D eigenvalue weighted by molar-refractivity contribution is -0.0560. The summed E-state index contributed by atoms with van der Waals surface area (Å²) in [5, 5.41) is 0. The van der Waals surface area contributed by atoms with E-state index in [1.807, 2.05) is 12.1 Å². The molecule has 3 unspecified atom stereocenters. The Morgan fingerprint density at radius 1 is 1.44 bits per heavy atom. The van der Waals surface area contributed by atoms with E-state index < -0.39 is 0 Å². The highest BCUT2D eigenvalue weighted by atomic mass is 127. The molecule has 0 spiro atoms. The molecule has 1 fully saturated rings. The average molecular weight is 331 g/mol. The van der Waals surface area contributed by atoms with Gasteiger partial charge in [-0.1, -0.05) is 13.8 Å². The van der Waals surface area contributed by atoms with E-state index in [4.69, 9.17) is 10.5 Å². The Morgan fingerprint density at radius 3 is 2.56 bits per heavy atom. The smallest absolute Gasteiger partial charge is 0.119 e. The zero-order valence-corrected chi connectivity index (χ0v) is 11.9. The summed E-state index contributed by atoms with van der Waals surface area (Å²) in [7, 11) is 0. The molecule has 3 atom stereocenters. The van der Waals surface area contributed by atoms with Crippen molar-refractivity contribution >= 4 is 22.6 Å². The first-order valence-corrected chi connectivity index (χ1v) is 6.82. The number of benzene rings is 1. The lowest BCUT2D eigenvalue weighted by Gasteiger charge is -2.51. The molecule has 0 aliphatic heterocycles. The summed E-state index contributed by atoms with van der Waals surface area (Å²) in [5.74, 6) is 0.956. The number of nitrogens with two attached hydrogens (primary N) is 1. The summed E-state index contributed by atoms with van der Waals surface area (Å²) >= 11 is 2.30. The van der Waals surface area contributed by atoms with Crippen molar-refractivity contribution in [3.8, 4) is 5.75 Å². The third-order valence-electron chi connectivity index (χ3n) is 3.90. The van der Waals surface area contributed by atoms with Gasteiger partial charge >= 0.3 is 0 Å². The molecule has 1 aromatic rings. The standard InChI is InChI=1S/C13H18INO/c1-3-13(2)11(15)8-12(13)16-10-6-4-9(14)5-7-10/h4-7,11-12H,3,8,15H2,1-2H3. The molecule has 2 nitrogen and oxygen atoms in total. The number of hydrogen-bond donors (Lipinski definition) is 1. The molecule has 88 valence electrons. The minimum atomic E-state index is 0.142. The Balaban J connectivity index is 2.04. The van der Waals surface area contributed by atoms with Crippen LogP contribution in [-0.2, 0) is 0 Å². The van der Waals surface area contributed by atoms with E-state index in [1.54, 1.807) is 0 Å². The highest BCUT2D eigenvalue weighted by Gasteiger charge is 2.50. The Bertz CT molecular complexity index is 365. The van der Waals surface area contributed by atoms with Gasteiger partial charge in [0.1, 0.15) is 11.9 Å². The van der Waals surface area contributed by atoms with Crippen LogP contribution in [0.2, 0.25) is 0 Å². The monoisotopic (exact) mass is 331 g/mol. The second-order valence-corrected chi connectivity index (χ2v) is 6.01. The van der Waals surface area contributed by atoms with Crippen LogP contribution >= 0.6 is 22.6 Å². The van der Waals surface area contributed by atoms with E-state index in [1.165, 1.54) is 3.57 Å². The molecule has 0 saturated heterocycles. The van der Waals surface area contributed by atoms with Crippen molar-refractivity contribution in [3.05, 3.63) is 27.8 Å². The second kappa shape index (κ2) is 4.53. The number of ether oxygens (including phenoxy) is 1. The van der Waals surface area contributed by atoms with Crippen LogP contribution in [0.1, 0.15) is 26.7 Å². The van der Waals surface area contributed by atoms with Gasteiger partial charge < -0.3 is 10.5 Å². The molecule has 0 bridgehead atoms. The van der Waals surface area contributed by atoms with Gasteiger partial charge in [-0.25, -0.2) is 0 Å². The van der Waals surface area contributed by atoms with Crippen LogP contribution in [0, 0.1) is 8.99 Å². The fourth-order valence-electron chi connectivity index (χ4n) is 2.20. The molecule has 16 heavy (non-hydrogen) atoms. The topological polar surface area (TPSA) is 35.2 Å². The van der Waals surface area contributed by atoms with Crippen molar-refractivity contribution in [2.75, 3.05) is 0 Å². The predicted octanol–water partition coefficient (Wildman–Crippen LogP) is 3.19. The maximum atomic E-state index is 6.05. The molecule has 2 N–H and O–H groups in total. The minimum Gasteiger partial charge on any atom is -0.490 e. The van der Waals surface area contributed by atoms with Crippen LogP contribution in [0.5, 0.6) is 5.75 Å². The van der Waals surface area contributed by atoms with E-state index in [0.29, 0.717) is 0 Å². The highest BCUT2D eigenvalue weighted by Crippen LogP contribution is 2.44. The zero-order valence-electron chi connectivity index (χ0n) is 9.74. The van der Waals surface area contributed by atoms with Gasteiger partial charge in [0, 0.05) is 21.4 Å². The first kappa shape index (κ1) is 12.2. The highest BCUT2D eigenvalue weighted by molar-refractivity contribution is 14.1. The quantitative estimate of drug-likeness (QED) is 0.864. The molecule has 0 aromatic heterocycles. The van der Waals surface area contributed by atoms with Crippen LogP contribution in [0.15, 0.2) is 24.3 Å². The SMILES string of the molecule is CCC1(C)C(N)CC1Oc1ccc(I)cc1. The third-order valence-corrected chi connectivity index (χ3v) is 4.62. The van der Waals surface area contributed by atoms with Gasteiger partial charge in [-0.05, 0) is 53.3 Å². The van der Waals surface area contributed by atoms with Gasteiger partial charge in [-0.3, -0.25) is 0 Å². The summed E-state index contributed by atoms with van der Waals surface area (Å²) in [6.45, 7) is 4.40. The van der Waals surface area contributed by atoms with E-state index in [-0.39, 0.29) is 17.6 Å². The van der Waals surface area contributed by atoms with Crippen molar-refractivity contribution in [2.24, 2.45) is 11.1 Å². The largest absolute Gasteiger partial charge is 0.490 e. The number of hydrogen-bond acceptors (Lipinski definition) is 2. The first-order valence-electron chi connectivity index (χ1n) is 5.74. The summed E-state index contributed by atoms with van der Waals surface area (Å²) in [5.41, 5.74) is 6.20. The number of halogens is 1. The van der Waals surface area contributed by atoms with Crippen LogP contribution in [0.25, 0.3) is 0 Å².